The Morgan fingerprint density at radius 1 is 1.00 bits per heavy atom. The number of hydrogen-bond acceptors (Lipinski definition) is 5. The van der Waals surface area contributed by atoms with Crippen molar-refractivity contribution in [2.24, 2.45) is 0 Å². The lowest BCUT2D eigenvalue weighted by Gasteiger charge is -2.19. The van der Waals surface area contributed by atoms with Crippen molar-refractivity contribution < 1.29 is 4.74 Å². The Bertz CT molecular complexity index is 973. The number of thioether (sulfide) groups is 2. The molecule has 6 heteroatoms. The Morgan fingerprint density at radius 2 is 1.71 bits per heavy atom. The molecule has 0 aliphatic rings. The van der Waals surface area contributed by atoms with Crippen LogP contribution in [0.1, 0.15) is 37.7 Å². The summed E-state index contributed by atoms with van der Waals surface area (Å²) in [6.45, 7) is 14.0. The van der Waals surface area contributed by atoms with Gasteiger partial charge in [-0.15, -0.1) is 28.5 Å². The molecule has 0 atom stereocenters. The lowest BCUT2D eigenvalue weighted by molar-refractivity contribution is 0.343. The van der Waals surface area contributed by atoms with Gasteiger partial charge in [0.2, 0.25) is 0 Å². The Hall–Kier alpha value is -2.18. The maximum atomic E-state index is 5.91. The first-order valence-corrected chi connectivity index (χ1v) is 12.4. The second-order valence-electron chi connectivity index (χ2n) is 8.37. The highest BCUT2D eigenvalue weighted by molar-refractivity contribution is 7.99. The fraction of sp³-hybridized carbons (Fsp3) is 0.360. The standard InChI is InChI=1S/C25H31N3OS2/c1-6-15-28-23(18-31-22-13-7-19(2)8-14-22)26-27-24(28)30-17-16-29-21-11-9-20(10-12-21)25(3,4)5/h6-14H,1,15-18H2,2-5H3. The average molecular weight is 454 g/mol. The van der Waals surface area contributed by atoms with Gasteiger partial charge in [0.1, 0.15) is 11.6 Å². The third-order valence-electron chi connectivity index (χ3n) is 4.80. The number of aryl methyl sites for hydroxylation is 1. The van der Waals surface area contributed by atoms with Crippen molar-refractivity contribution in [3.05, 3.63) is 78.1 Å². The van der Waals surface area contributed by atoms with E-state index >= 15 is 0 Å². The molecular formula is C25H31N3OS2. The van der Waals surface area contributed by atoms with Gasteiger partial charge in [0.15, 0.2) is 5.16 Å². The van der Waals surface area contributed by atoms with Crippen molar-refractivity contribution >= 4 is 23.5 Å². The number of benzene rings is 2. The maximum Gasteiger partial charge on any atom is 0.191 e. The molecule has 1 heterocycles. The van der Waals surface area contributed by atoms with Gasteiger partial charge in [0.25, 0.3) is 0 Å². The number of allylic oxidation sites excluding steroid dienone is 1. The number of aromatic nitrogens is 3. The third-order valence-corrected chi connectivity index (χ3v) is 6.74. The van der Waals surface area contributed by atoms with Crippen LogP contribution in [0.15, 0.2) is 71.2 Å². The van der Waals surface area contributed by atoms with Crippen LogP contribution in [0.2, 0.25) is 0 Å². The SMILES string of the molecule is C=CCn1c(CSc2ccc(C)cc2)nnc1SCCOc1ccc(C(C)(C)C)cc1. The first kappa shape index (κ1) is 23.5. The van der Waals surface area contributed by atoms with Crippen molar-refractivity contribution in [1.82, 2.24) is 14.8 Å². The molecule has 0 aliphatic heterocycles. The normalized spacial score (nSPS) is 11.5. The minimum Gasteiger partial charge on any atom is -0.493 e. The summed E-state index contributed by atoms with van der Waals surface area (Å²) in [5.74, 6) is 3.45. The van der Waals surface area contributed by atoms with Gasteiger partial charge in [0, 0.05) is 17.2 Å². The van der Waals surface area contributed by atoms with Crippen LogP contribution in [0.25, 0.3) is 0 Å². The molecule has 31 heavy (non-hydrogen) atoms. The van der Waals surface area contributed by atoms with Gasteiger partial charge >= 0.3 is 0 Å². The topological polar surface area (TPSA) is 39.9 Å². The van der Waals surface area contributed by atoms with Gasteiger partial charge in [-0.3, -0.25) is 0 Å². The van der Waals surface area contributed by atoms with E-state index in [1.807, 2.05) is 18.2 Å². The van der Waals surface area contributed by atoms with Crippen molar-refractivity contribution in [3.63, 3.8) is 0 Å². The Balaban J connectivity index is 1.52. The van der Waals surface area contributed by atoms with E-state index in [2.05, 4.69) is 85.4 Å². The fourth-order valence-corrected chi connectivity index (χ4v) is 4.59. The summed E-state index contributed by atoms with van der Waals surface area (Å²) in [6.07, 6.45) is 1.89. The van der Waals surface area contributed by atoms with Crippen molar-refractivity contribution in [2.75, 3.05) is 12.4 Å². The molecule has 0 saturated heterocycles. The Kier molecular flexibility index (Phi) is 8.27. The largest absolute Gasteiger partial charge is 0.493 e. The number of ether oxygens (including phenoxy) is 1. The molecular weight excluding hydrogens is 422 g/mol. The van der Waals surface area contributed by atoms with Gasteiger partial charge in [-0.1, -0.05) is 68.4 Å². The molecule has 0 spiro atoms. The molecule has 3 aromatic rings. The quantitative estimate of drug-likeness (QED) is 0.198. The Labute approximate surface area is 194 Å². The van der Waals surface area contributed by atoms with E-state index in [0.29, 0.717) is 13.2 Å². The summed E-state index contributed by atoms with van der Waals surface area (Å²) in [7, 11) is 0. The first-order chi connectivity index (χ1) is 14.9. The van der Waals surface area contributed by atoms with Crippen LogP contribution in [0.3, 0.4) is 0 Å². The molecule has 2 aromatic carbocycles. The van der Waals surface area contributed by atoms with E-state index in [0.717, 1.165) is 28.2 Å². The van der Waals surface area contributed by atoms with E-state index in [4.69, 9.17) is 4.74 Å². The van der Waals surface area contributed by atoms with E-state index in [9.17, 15) is 0 Å². The van der Waals surface area contributed by atoms with E-state index in [1.54, 1.807) is 23.5 Å². The zero-order valence-electron chi connectivity index (χ0n) is 18.8. The predicted molar refractivity (Wildman–Crippen MR) is 132 cm³/mol. The highest BCUT2D eigenvalue weighted by atomic mass is 32.2. The van der Waals surface area contributed by atoms with Crippen molar-refractivity contribution in [1.29, 1.82) is 0 Å². The molecule has 0 amide bonds. The first-order valence-electron chi connectivity index (χ1n) is 10.5. The monoisotopic (exact) mass is 453 g/mol. The summed E-state index contributed by atoms with van der Waals surface area (Å²) >= 11 is 3.44. The van der Waals surface area contributed by atoms with Crippen LogP contribution >= 0.6 is 23.5 Å². The van der Waals surface area contributed by atoms with Crippen LogP contribution in [-0.4, -0.2) is 27.1 Å². The molecule has 1 aromatic heterocycles. The van der Waals surface area contributed by atoms with Crippen LogP contribution < -0.4 is 4.74 Å². The second kappa shape index (κ2) is 10.9. The smallest absolute Gasteiger partial charge is 0.191 e. The Morgan fingerprint density at radius 3 is 2.35 bits per heavy atom. The number of rotatable bonds is 10. The van der Waals surface area contributed by atoms with Crippen molar-refractivity contribution in [2.45, 2.75) is 55.5 Å². The zero-order chi connectivity index (χ0) is 22.3. The third kappa shape index (κ3) is 6.91. The number of hydrogen-bond donors (Lipinski definition) is 0. The maximum absolute atomic E-state index is 5.91. The molecule has 0 N–H and O–H groups in total. The minimum absolute atomic E-state index is 0.152. The average Bonchev–Trinajstić information content (AvgIpc) is 3.12. The zero-order valence-corrected chi connectivity index (χ0v) is 20.4. The summed E-state index contributed by atoms with van der Waals surface area (Å²) in [5.41, 5.74) is 2.73. The molecule has 0 radical (unpaired) electrons. The lowest BCUT2D eigenvalue weighted by Crippen LogP contribution is -2.10. The van der Waals surface area contributed by atoms with Crippen molar-refractivity contribution in [3.8, 4) is 5.75 Å². The summed E-state index contributed by atoms with van der Waals surface area (Å²) < 4.78 is 8.05. The molecule has 4 nitrogen and oxygen atoms in total. The summed E-state index contributed by atoms with van der Waals surface area (Å²) in [4.78, 5) is 1.24. The minimum atomic E-state index is 0.152. The van der Waals surface area contributed by atoms with E-state index in [1.165, 1.54) is 16.0 Å². The van der Waals surface area contributed by atoms with Gasteiger partial charge in [0.05, 0.1) is 12.4 Å². The summed E-state index contributed by atoms with van der Waals surface area (Å²) in [6, 6.07) is 16.9. The van der Waals surface area contributed by atoms with Gasteiger partial charge in [-0.25, -0.2) is 0 Å². The van der Waals surface area contributed by atoms with Crippen LogP contribution in [0.5, 0.6) is 5.75 Å². The van der Waals surface area contributed by atoms with Gasteiger partial charge in [-0.2, -0.15) is 0 Å². The molecule has 0 fully saturated rings. The van der Waals surface area contributed by atoms with Crippen LogP contribution in [-0.2, 0) is 17.7 Å². The second-order valence-corrected chi connectivity index (χ2v) is 10.5. The molecule has 3 rings (SSSR count). The highest BCUT2D eigenvalue weighted by Gasteiger charge is 2.14. The van der Waals surface area contributed by atoms with E-state index in [-0.39, 0.29) is 5.41 Å². The molecule has 0 aliphatic carbocycles. The lowest BCUT2D eigenvalue weighted by atomic mass is 9.87. The van der Waals surface area contributed by atoms with Crippen LogP contribution in [0.4, 0.5) is 0 Å². The van der Waals surface area contributed by atoms with Gasteiger partial charge < -0.3 is 9.30 Å². The fourth-order valence-electron chi connectivity index (χ4n) is 2.97. The molecule has 0 saturated carbocycles. The highest BCUT2D eigenvalue weighted by Crippen LogP contribution is 2.26. The number of nitrogens with zero attached hydrogens (tertiary/aromatic N) is 3. The molecule has 0 unspecified atom stereocenters. The predicted octanol–water partition coefficient (Wildman–Crippen LogP) is 6.53. The molecule has 0 bridgehead atoms. The van der Waals surface area contributed by atoms with E-state index < -0.39 is 0 Å². The van der Waals surface area contributed by atoms with Crippen LogP contribution in [0, 0.1) is 6.92 Å². The molecule has 164 valence electrons. The van der Waals surface area contributed by atoms with Gasteiger partial charge in [-0.05, 0) is 42.2 Å². The summed E-state index contributed by atoms with van der Waals surface area (Å²) in [5, 5.41) is 9.73.